The molecule has 0 spiro atoms. The van der Waals surface area contributed by atoms with Crippen molar-refractivity contribution < 1.29 is 14.6 Å². The first kappa shape index (κ1) is 11.9. The van der Waals surface area contributed by atoms with Gasteiger partial charge in [-0.3, -0.25) is 0 Å². The lowest BCUT2D eigenvalue weighted by atomic mass is 10.1. The van der Waals surface area contributed by atoms with Crippen molar-refractivity contribution in [3.63, 3.8) is 0 Å². The standard InChI is InChI=1S/C10H21NO3/c1-8(9(13-2)14-3)11-6-10(7-12)4-5-10/h8-9,11-12H,4-7H2,1-3H3. The van der Waals surface area contributed by atoms with Gasteiger partial charge in [-0.15, -0.1) is 0 Å². The Morgan fingerprint density at radius 3 is 2.29 bits per heavy atom. The lowest BCUT2D eigenvalue weighted by Crippen LogP contribution is -2.42. The van der Waals surface area contributed by atoms with Gasteiger partial charge in [-0.1, -0.05) is 0 Å². The van der Waals surface area contributed by atoms with E-state index in [2.05, 4.69) is 5.32 Å². The fraction of sp³-hybridized carbons (Fsp3) is 1.00. The van der Waals surface area contributed by atoms with Crippen LogP contribution in [0, 0.1) is 5.41 Å². The van der Waals surface area contributed by atoms with Gasteiger partial charge in [-0.25, -0.2) is 0 Å². The second-order valence-corrected chi connectivity index (χ2v) is 4.17. The summed E-state index contributed by atoms with van der Waals surface area (Å²) in [7, 11) is 3.26. The molecule has 0 amide bonds. The maximum Gasteiger partial charge on any atom is 0.171 e. The third-order valence-corrected chi connectivity index (χ3v) is 2.96. The summed E-state index contributed by atoms with van der Waals surface area (Å²) in [5.74, 6) is 0. The van der Waals surface area contributed by atoms with Gasteiger partial charge in [0.25, 0.3) is 0 Å². The lowest BCUT2D eigenvalue weighted by molar-refractivity contribution is -0.120. The number of methoxy groups -OCH3 is 2. The zero-order valence-corrected chi connectivity index (χ0v) is 9.25. The van der Waals surface area contributed by atoms with Crippen molar-refractivity contribution in [1.29, 1.82) is 0 Å². The van der Waals surface area contributed by atoms with Crippen LogP contribution in [0.3, 0.4) is 0 Å². The smallest absolute Gasteiger partial charge is 0.171 e. The molecule has 1 fully saturated rings. The first-order valence-electron chi connectivity index (χ1n) is 5.07. The van der Waals surface area contributed by atoms with Gasteiger partial charge in [0, 0.05) is 32.8 Å². The number of nitrogens with one attached hydrogen (secondary N) is 1. The van der Waals surface area contributed by atoms with E-state index in [0.29, 0.717) is 0 Å². The molecule has 1 aliphatic rings. The van der Waals surface area contributed by atoms with E-state index in [1.54, 1.807) is 14.2 Å². The monoisotopic (exact) mass is 203 g/mol. The van der Waals surface area contributed by atoms with Crippen LogP contribution in [-0.2, 0) is 9.47 Å². The van der Waals surface area contributed by atoms with Gasteiger partial charge >= 0.3 is 0 Å². The Morgan fingerprint density at radius 2 is 1.93 bits per heavy atom. The van der Waals surface area contributed by atoms with Gasteiger partial charge in [0.1, 0.15) is 0 Å². The summed E-state index contributed by atoms with van der Waals surface area (Å²) in [6.45, 7) is 3.14. The maximum atomic E-state index is 9.12. The summed E-state index contributed by atoms with van der Waals surface area (Å²) >= 11 is 0. The van der Waals surface area contributed by atoms with Crippen LogP contribution in [0.5, 0.6) is 0 Å². The highest BCUT2D eigenvalue weighted by Crippen LogP contribution is 2.44. The van der Waals surface area contributed by atoms with Crippen LogP contribution in [0.4, 0.5) is 0 Å². The highest BCUT2D eigenvalue weighted by molar-refractivity contribution is 4.94. The van der Waals surface area contributed by atoms with E-state index in [1.807, 2.05) is 6.92 Å². The lowest BCUT2D eigenvalue weighted by Gasteiger charge is -2.24. The maximum absolute atomic E-state index is 9.12. The molecule has 0 aromatic carbocycles. The van der Waals surface area contributed by atoms with E-state index in [1.165, 1.54) is 0 Å². The van der Waals surface area contributed by atoms with Gasteiger partial charge in [0.05, 0.1) is 6.04 Å². The molecule has 0 heterocycles. The number of aliphatic hydroxyl groups is 1. The Balaban J connectivity index is 2.23. The van der Waals surface area contributed by atoms with Crippen molar-refractivity contribution >= 4 is 0 Å². The summed E-state index contributed by atoms with van der Waals surface area (Å²) < 4.78 is 10.3. The number of hydrogen-bond donors (Lipinski definition) is 2. The summed E-state index contributed by atoms with van der Waals surface area (Å²) in [4.78, 5) is 0. The molecule has 1 aliphatic carbocycles. The zero-order valence-electron chi connectivity index (χ0n) is 9.25. The van der Waals surface area contributed by atoms with Gasteiger partial charge in [-0.2, -0.15) is 0 Å². The molecule has 1 saturated carbocycles. The Labute approximate surface area is 85.6 Å². The Kier molecular flexibility index (Phi) is 4.31. The molecule has 1 rings (SSSR count). The van der Waals surface area contributed by atoms with Crippen LogP contribution >= 0.6 is 0 Å². The van der Waals surface area contributed by atoms with Gasteiger partial charge in [-0.05, 0) is 19.8 Å². The van der Waals surface area contributed by atoms with Crippen LogP contribution in [0.15, 0.2) is 0 Å². The molecular formula is C10H21NO3. The fourth-order valence-electron chi connectivity index (χ4n) is 1.55. The summed E-state index contributed by atoms with van der Waals surface area (Å²) in [5, 5.41) is 12.4. The minimum Gasteiger partial charge on any atom is -0.396 e. The minimum atomic E-state index is -0.218. The second kappa shape index (κ2) is 5.07. The minimum absolute atomic E-state index is 0.139. The van der Waals surface area contributed by atoms with E-state index in [0.717, 1.165) is 19.4 Å². The summed E-state index contributed by atoms with van der Waals surface area (Å²) in [5.41, 5.74) is 0.139. The second-order valence-electron chi connectivity index (χ2n) is 4.17. The van der Waals surface area contributed by atoms with Crippen LogP contribution in [-0.4, -0.2) is 44.8 Å². The first-order valence-corrected chi connectivity index (χ1v) is 5.07. The molecular weight excluding hydrogens is 182 g/mol. The van der Waals surface area contributed by atoms with E-state index in [4.69, 9.17) is 14.6 Å². The molecule has 2 N–H and O–H groups in total. The van der Waals surface area contributed by atoms with Crippen molar-refractivity contribution in [2.75, 3.05) is 27.4 Å². The van der Waals surface area contributed by atoms with Crippen molar-refractivity contribution in [3.05, 3.63) is 0 Å². The number of ether oxygens (including phenoxy) is 2. The molecule has 14 heavy (non-hydrogen) atoms. The molecule has 0 bridgehead atoms. The van der Waals surface area contributed by atoms with E-state index >= 15 is 0 Å². The average Bonchev–Trinajstić information content (AvgIpc) is 2.97. The molecule has 4 nitrogen and oxygen atoms in total. The number of aliphatic hydroxyl groups excluding tert-OH is 1. The summed E-state index contributed by atoms with van der Waals surface area (Å²) in [6.07, 6.45) is 2.02. The van der Waals surface area contributed by atoms with Gasteiger partial charge in [0.2, 0.25) is 0 Å². The summed E-state index contributed by atoms with van der Waals surface area (Å²) in [6, 6.07) is 0.147. The van der Waals surface area contributed by atoms with Crippen LogP contribution in [0.1, 0.15) is 19.8 Å². The molecule has 84 valence electrons. The topological polar surface area (TPSA) is 50.7 Å². The largest absolute Gasteiger partial charge is 0.396 e. The number of rotatable bonds is 7. The van der Waals surface area contributed by atoms with Gasteiger partial charge in [0.15, 0.2) is 6.29 Å². The predicted octanol–water partition coefficient (Wildman–Crippen LogP) is 0.356. The third kappa shape index (κ3) is 2.92. The van der Waals surface area contributed by atoms with Crippen LogP contribution in [0.25, 0.3) is 0 Å². The normalized spacial score (nSPS) is 21.2. The van der Waals surface area contributed by atoms with E-state index < -0.39 is 0 Å². The quantitative estimate of drug-likeness (QED) is 0.586. The predicted molar refractivity (Wildman–Crippen MR) is 54.0 cm³/mol. The van der Waals surface area contributed by atoms with E-state index in [9.17, 15) is 0 Å². The molecule has 0 aliphatic heterocycles. The molecule has 1 unspecified atom stereocenters. The molecule has 0 radical (unpaired) electrons. The Morgan fingerprint density at radius 1 is 1.36 bits per heavy atom. The average molecular weight is 203 g/mol. The third-order valence-electron chi connectivity index (χ3n) is 2.96. The molecule has 0 aromatic rings. The fourth-order valence-corrected chi connectivity index (χ4v) is 1.55. The van der Waals surface area contributed by atoms with Crippen molar-refractivity contribution in [3.8, 4) is 0 Å². The molecule has 4 heteroatoms. The van der Waals surface area contributed by atoms with Crippen molar-refractivity contribution in [2.24, 2.45) is 5.41 Å². The van der Waals surface area contributed by atoms with Gasteiger partial charge < -0.3 is 19.9 Å². The SMILES string of the molecule is COC(OC)C(C)NCC1(CO)CC1. The molecule has 1 atom stereocenters. The first-order chi connectivity index (χ1) is 6.67. The van der Waals surface area contributed by atoms with Crippen molar-refractivity contribution in [1.82, 2.24) is 5.32 Å². The zero-order chi connectivity index (χ0) is 10.6. The highest BCUT2D eigenvalue weighted by atomic mass is 16.7. The molecule has 0 saturated heterocycles. The van der Waals surface area contributed by atoms with Crippen LogP contribution < -0.4 is 5.32 Å². The Bertz CT molecular complexity index is 167. The highest BCUT2D eigenvalue weighted by Gasteiger charge is 2.42. The number of hydrogen-bond acceptors (Lipinski definition) is 4. The van der Waals surface area contributed by atoms with Crippen molar-refractivity contribution in [2.45, 2.75) is 32.1 Å². The Hall–Kier alpha value is -0.160. The van der Waals surface area contributed by atoms with E-state index in [-0.39, 0.29) is 24.4 Å². The molecule has 0 aromatic heterocycles. The van der Waals surface area contributed by atoms with Crippen LogP contribution in [0.2, 0.25) is 0 Å².